The van der Waals surface area contributed by atoms with Gasteiger partial charge in [0.15, 0.2) is 0 Å². The van der Waals surface area contributed by atoms with Gasteiger partial charge in [-0.2, -0.15) is 13.2 Å². The first-order valence-corrected chi connectivity index (χ1v) is 9.68. The van der Waals surface area contributed by atoms with Gasteiger partial charge in [0, 0.05) is 30.2 Å². The molecule has 0 amide bonds. The lowest BCUT2D eigenvalue weighted by atomic mass is 10.0. The third-order valence-corrected chi connectivity index (χ3v) is 5.09. The normalized spacial score (nSPS) is 18.7. The Hall–Kier alpha value is -1.80. The monoisotopic (exact) mass is 382 g/mol. The van der Waals surface area contributed by atoms with Crippen LogP contribution in [0.2, 0.25) is 0 Å². The molecule has 2 heterocycles. The summed E-state index contributed by atoms with van der Waals surface area (Å²) in [5.74, 6) is 0.0380. The zero-order valence-corrected chi connectivity index (χ0v) is 15.3. The SMILES string of the molecule is CSc1ccc(CN2CCCC(Nc3nccc(C(F)(F)F)n3)C2)cc1. The summed E-state index contributed by atoms with van der Waals surface area (Å²) >= 11 is 1.71. The van der Waals surface area contributed by atoms with Gasteiger partial charge in [-0.15, -0.1) is 11.8 Å². The molecule has 26 heavy (non-hydrogen) atoms. The molecule has 1 aromatic carbocycles. The average molecular weight is 382 g/mol. The summed E-state index contributed by atoms with van der Waals surface area (Å²) in [6.07, 6.45) is 0.611. The van der Waals surface area contributed by atoms with Crippen LogP contribution in [0.4, 0.5) is 19.1 Å². The lowest BCUT2D eigenvalue weighted by Crippen LogP contribution is -2.42. The predicted molar refractivity (Wildman–Crippen MR) is 97.2 cm³/mol. The number of alkyl halides is 3. The lowest BCUT2D eigenvalue weighted by molar-refractivity contribution is -0.141. The second-order valence-electron chi connectivity index (χ2n) is 6.33. The molecule has 0 spiro atoms. The van der Waals surface area contributed by atoms with Gasteiger partial charge in [0.05, 0.1) is 0 Å². The van der Waals surface area contributed by atoms with Gasteiger partial charge >= 0.3 is 6.18 Å². The molecule has 1 aromatic heterocycles. The quantitative estimate of drug-likeness (QED) is 0.781. The first-order chi connectivity index (χ1) is 12.4. The number of nitrogens with one attached hydrogen (secondary N) is 1. The second kappa shape index (κ2) is 8.26. The molecule has 1 saturated heterocycles. The number of hydrogen-bond donors (Lipinski definition) is 1. The number of aromatic nitrogens is 2. The molecular weight excluding hydrogens is 361 g/mol. The molecule has 0 bridgehead atoms. The maximum absolute atomic E-state index is 12.8. The molecule has 1 N–H and O–H groups in total. The van der Waals surface area contributed by atoms with Crippen LogP contribution >= 0.6 is 11.8 Å². The molecule has 0 saturated carbocycles. The molecule has 1 aliphatic rings. The van der Waals surface area contributed by atoms with Crippen molar-refractivity contribution in [3.05, 3.63) is 47.8 Å². The third kappa shape index (κ3) is 5.11. The Morgan fingerprint density at radius 2 is 2.00 bits per heavy atom. The Labute approximate surface area is 155 Å². The highest BCUT2D eigenvalue weighted by Crippen LogP contribution is 2.28. The van der Waals surface area contributed by atoms with E-state index in [0.29, 0.717) is 0 Å². The number of hydrogen-bond acceptors (Lipinski definition) is 5. The van der Waals surface area contributed by atoms with Gasteiger partial charge in [-0.1, -0.05) is 12.1 Å². The molecule has 4 nitrogen and oxygen atoms in total. The second-order valence-corrected chi connectivity index (χ2v) is 7.21. The number of piperidine rings is 1. The molecule has 2 aromatic rings. The number of halogens is 3. The van der Waals surface area contributed by atoms with Crippen LogP contribution in [0.3, 0.4) is 0 Å². The van der Waals surface area contributed by atoms with Gasteiger partial charge < -0.3 is 5.32 Å². The van der Waals surface area contributed by atoms with Gasteiger partial charge in [-0.3, -0.25) is 4.90 Å². The van der Waals surface area contributed by atoms with Crippen LogP contribution in [0.15, 0.2) is 41.4 Å². The van der Waals surface area contributed by atoms with E-state index in [9.17, 15) is 13.2 Å². The number of benzene rings is 1. The Morgan fingerprint density at radius 3 is 2.69 bits per heavy atom. The average Bonchev–Trinajstić information content (AvgIpc) is 2.62. The Morgan fingerprint density at radius 1 is 1.23 bits per heavy atom. The fraction of sp³-hybridized carbons (Fsp3) is 0.444. The van der Waals surface area contributed by atoms with Crippen LogP contribution in [0.25, 0.3) is 0 Å². The summed E-state index contributed by atoms with van der Waals surface area (Å²) < 4.78 is 38.3. The van der Waals surface area contributed by atoms with Gasteiger partial charge in [0.2, 0.25) is 5.95 Å². The summed E-state index contributed by atoms with van der Waals surface area (Å²) in [5.41, 5.74) is 0.315. The van der Waals surface area contributed by atoms with Crippen LogP contribution in [0.1, 0.15) is 24.1 Å². The number of nitrogens with zero attached hydrogens (tertiary/aromatic N) is 3. The minimum absolute atomic E-state index is 0.0380. The van der Waals surface area contributed by atoms with E-state index in [1.807, 2.05) is 6.26 Å². The minimum atomic E-state index is -4.46. The number of rotatable bonds is 5. The van der Waals surface area contributed by atoms with Crippen molar-refractivity contribution in [2.24, 2.45) is 0 Å². The van der Waals surface area contributed by atoms with Gasteiger partial charge in [-0.05, 0) is 49.4 Å². The summed E-state index contributed by atoms with van der Waals surface area (Å²) in [7, 11) is 0. The Balaban J connectivity index is 1.59. The molecule has 1 atom stereocenters. The molecular formula is C18H21F3N4S. The molecule has 0 aliphatic carbocycles. The first-order valence-electron chi connectivity index (χ1n) is 8.46. The zero-order chi connectivity index (χ0) is 18.6. The highest BCUT2D eigenvalue weighted by molar-refractivity contribution is 7.98. The molecule has 1 aliphatic heterocycles. The first kappa shape index (κ1) is 19.0. The Kier molecular flexibility index (Phi) is 6.03. The van der Waals surface area contributed by atoms with E-state index >= 15 is 0 Å². The van der Waals surface area contributed by atoms with Crippen molar-refractivity contribution in [1.82, 2.24) is 14.9 Å². The number of anilines is 1. The maximum atomic E-state index is 12.8. The predicted octanol–water partition coefficient (Wildman–Crippen LogP) is 4.29. The van der Waals surface area contributed by atoms with E-state index in [1.54, 1.807) is 11.8 Å². The highest BCUT2D eigenvalue weighted by atomic mass is 32.2. The van der Waals surface area contributed by atoms with Crippen molar-refractivity contribution >= 4 is 17.7 Å². The topological polar surface area (TPSA) is 41.0 Å². The Bertz CT molecular complexity index is 721. The lowest BCUT2D eigenvalue weighted by Gasteiger charge is -2.33. The fourth-order valence-electron chi connectivity index (χ4n) is 3.07. The van der Waals surface area contributed by atoms with Crippen LogP contribution in [-0.2, 0) is 12.7 Å². The van der Waals surface area contributed by atoms with Crippen molar-refractivity contribution in [3.63, 3.8) is 0 Å². The van der Waals surface area contributed by atoms with E-state index < -0.39 is 11.9 Å². The summed E-state index contributed by atoms with van der Waals surface area (Å²) in [6.45, 7) is 2.56. The maximum Gasteiger partial charge on any atom is 0.433 e. The van der Waals surface area contributed by atoms with Crippen LogP contribution in [0, 0.1) is 0 Å². The van der Waals surface area contributed by atoms with Crippen molar-refractivity contribution in [1.29, 1.82) is 0 Å². The number of thioether (sulfide) groups is 1. The smallest absolute Gasteiger partial charge is 0.350 e. The van der Waals surface area contributed by atoms with Crippen LogP contribution in [-0.4, -0.2) is 40.3 Å². The zero-order valence-electron chi connectivity index (χ0n) is 14.5. The molecule has 0 radical (unpaired) electrons. The summed E-state index contributed by atoms with van der Waals surface area (Å²) in [6, 6.07) is 9.39. The van der Waals surface area contributed by atoms with Gasteiger partial charge in [0.1, 0.15) is 5.69 Å². The highest BCUT2D eigenvalue weighted by Gasteiger charge is 2.33. The molecule has 1 unspecified atom stereocenters. The summed E-state index contributed by atoms with van der Waals surface area (Å²) in [5, 5.41) is 3.06. The van der Waals surface area contributed by atoms with E-state index in [0.717, 1.165) is 44.7 Å². The minimum Gasteiger partial charge on any atom is -0.350 e. The van der Waals surface area contributed by atoms with E-state index in [-0.39, 0.29) is 12.0 Å². The third-order valence-electron chi connectivity index (χ3n) is 4.35. The fourth-order valence-corrected chi connectivity index (χ4v) is 3.48. The van der Waals surface area contributed by atoms with Crippen molar-refractivity contribution < 1.29 is 13.2 Å². The summed E-state index contributed by atoms with van der Waals surface area (Å²) in [4.78, 5) is 11.1. The number of likely N-dealkylation sites (tertiary alicyclic amines) is 1. The molecule has 8 heteroatoms. The van der Waals surface area contributed by atoms with Crippen molar-refractivity contribution in [2.45, 2.75) is 36.5 Å². The van der Waals surface area contributed by atoms with Crippen molar-refractivity contribution in [2.75, 3.05) is 24.7 Å². The van der Waals surface area contributed by atoms with Crippen molar-refractivity contribution in [3.8, 4) is 0 Å². The van der Waals surface area contributed by atoms with E-state index in [2.05, 4.69) is 44.5 Å². The standard InChI is InChI=1S/C18H21F3N4S/c1-26-15-6-4-13(5-7-15)11-25-10-2-3-14(12-25)23-17-22-9-8-16(24-17)18(19,20)21/h4-9,14H,2-3,10-12H2,1H3,(H,22,23,24). The van der Waals surface area contributed by atoms with Gasteiger partial charge in [0.25, 0.3) is 0 Å². The molecule has 140 valence electrons. The van der Waals surface area contributed by atoms with E-state index in [4.69, 9.17) is 0 Å². The molecule has 1 fully saturated rings. The van der Waals surface area contributed by atoms with Crippen LogP contribution in [0.5, 0.6) is 0 Å². The van der Waals surface area contributed by atoms with E-state index in [1.165, 1.54) is 10.5 Å². The molecule has 3 rings (SSSR count). The van der Waals surface area contributed by atoms with Gasteiger partial charge in [-0.25, -0.2) is 9.97 Å². The largest absolute Gasteiger partial charge is 0.433 e. The van der Waals surface area contributed by atoms with Crippen LogP contribution < -0.4 is 5.32 Å².